The van der Waals surface area contributed by atoms with Gasteiger partial charge in [-0.05, 0) is 18.6 Å². The number of pyridine rings is 1. The van der Waals surface area contributed by atoms with Crippen molar-refractivity contribution in [3.63, 3.8) is 0 Å². The number of thioether (sulfide) groups is 1. The number of nitrogens with one attached hydrogen (secondary N) is 1. The summed E-state index contributed by atoms with van der Waals surface area (Å²) in [6.45, 7) is 2.54. The fourth-order valence-electron chi connectivity index (χ4n) is 2.04. The van der Waals surface area contributed by atoms with Crippen LogP contribution < -0.4 is 5.32 Å². The summed E-state index contributed by atoms with van der Waals surface area (Å²) in [6, 6.07) is 11.3. The average Bonchev–Trinajstić information content (AvgIpc) is 2.62. The maximum Gasteiger partial charge on any atom is 0.306 e. The topological polar surface area (TPSA) is 68.3 Å². The standard InChI is InChI=1S/C18H19ClN2O3S/c1-2-24-15(22)9-11-25-14-8-10-20-17(16(14)19)18(23)21-12-13-6-4-3-5-7-13/h3-8,10H,2,9,11-12H2,1H3,(H,21,23). The van der Waals surface area contributed by atoms with Crippen molar-refractivity contribution in [2.45, 2.75) is 24.8 Å². The molecule has 0 spiro atoms. The third-order valence-electron chi connectivity index (χ3n) is 3.23. The Morgan fingerprint density at radius 2 is 2.00 bits per heavy atom. The van der Waals surface area contributed by atoms with Gasteiger partial charge in [-0.15, -0.1) is 11.8 Å². The molecule has 0 fully saturated rings. The third-order valence-corrected chi connectivity index (χ3v) is 4.79. The molecule has 0 saturated heterocycles. The molecule has 0 aliphatic carbocycles. The van der Waals surface area contributed by atoms with E-state index in [1.807, 2.05) is 30.3 Å². The fourth-order valence-corrected chi connectivity index (χ4v) is 3.27. The molecular formula is C18H19ClN2O3S. The molecule has 0 aliphatic heterocycles. The first-order chi connectivity index (χ1) is 12.1. The van der Waals surface area contributed by atoms with Gasteiger partial charge in [0.05, 0.1) is 18.1 Å². The van der Waals surface area contributed by atoms with E-state index in [4.69, 9.17) is 16.3 Å². The molecule has 1 amide bonds. The normalized spacial score (nSPS) is 10.3. The number of halogens is 1. The quantitative estimate of drug-likeness (QED) is 0.560. The van der Waals surface area contributed by atoms with Gasteiger partial charge in [0, 0.05) is 23.4 Å². The van der Waals surface area contributed by atoms with Crippen LogP contribution in [0.5, 0.6) is 0 Å². The van der Waals surface area contributed by atoms with Crippen LogP contribution in [0.2, 0.25) is 5.02 Å². The summed E-state index contributed by atoms with van der Waals surface area (Å²) >= 11 is 7.70. The van der Waals surface area contributed by atoms with Crippen molar-refractivity contribution in [1.82, 2.24) is 10.3 Å². The van der Waals surface area contributed by atoms with E-state index in [2.05, 4.69) is 10.3 Å². The summed E-state index contributed by atoms with van der Waals surface area (Å²) in [7, 11) is 0. The Bertz CT molecular complexity index is 726. The zero-order valence-electron chi connectivity index (χ0n) is 13.8. The number of hydrogen-bond acceptors (Lipinski definition) is 5. The Kier molecular flexibility index (Phi) is 7.76. The lowest BCUT2D eigenvalue weighted by molar-refractivity contribution is -0.142. The molecule has 0 saturated carbocycles. The summed E-state index contributed by atoms with van der Waals surface area (Å²) in [5, 5.41) is 3.10. The number of ether oxygens (including phenoxy) is 1. The Hall–Kier alpha value is -2.05. The van der Waals surface area contributed by atoms with Crippen molar-refractivity contribution in [3.05, 3.63) is 58.9 Å². The smallest absolute Gasteiger partial charge is 0.306 e. The zero-order chi connectivity index (χ0) is 18.1. The Balaban J connectivity index is 1.94. The number of rotatable bonds is 8. The van der Waals surface area contributed by atoms with Crippen LogP contribution in [0.15, 0.2) is 47.5 Å². The molecule has 1 N–H and O–H groups in total. The van der Waals surface area contributed by atoms with Gasteiger partial charge in [-0.1, -0.05) is 41.9 Å². The number of hydrogen-bond donors (Lipinski definition) is 1. The second kappa shape index (κ2) is 10.1. The molecule has 1 aromatic carbocycles. The van der Waals surface area contributed by atoms with Crippen molar-refractivity contribution < 1.29 is 14.3 Å². The average molecular weight is 379 g/mol. The van der Waals surface area contributed by atoms with Gasteiger partial charge in [-0.2, -0.15) is 0 Å². The summed E-state index contributed by atoms with van der Waals surface area (Å²) in [4.78, 5) is 28.5. The van der Waals surface area contributed by atoms with Gasteiger partial charge in [-0.25, -0.2) is 4.98 Å². The van der Waals surface area contributed by atoms with Crippen LogP contribution in [0.4, 0.5) is 0 Å². The predicted molar refractivity (Wildman–Crippen MR) is 98.8 cm³/mol. The minimum absolute atomic E-state index is 0.179. The van der Waals surface area contributed by atoms with E-state index in [-0.39, 0.29) is 24.0 Å². The number of aromatic nitrogens is 1. The molecule has 2 aromatic rings. The lowest BCUT2D eigenvalue weighted by Gasteiger charge is -2.09. The van der Waals surface area contributed by atoms with Gasteiger partial charge in [0.25, 0.3) is 5.91 Å². The number of benzene rings is 1. The highest BCUT2D eigenvalue weighted by atomic mass is 35.5. The van der Waals surface area contributed by atoms with E-state index < -0.39 is 0 Å². The minimum atomic E-state index is -0.332. The first kappa shape index (κ1) is 19.3. The first-order valence-electron chi connectivity index (χ1n) is 7.87. The maximum atomic E-state index is 12.3. The van der Waals surface area contributed by atoms with Crippen LogP contribution in [0.3, 0.4) is 0 Å². The van der Waals surface area contributed by atoms with Gasteiger partial charge >= 0.3 is 5.97 Å². The molecule has 0 unspecified atom stereocenters. The SMILES string of the molecule is CCOC(=O)CCSc1ccnc(C(=O)NCc2ccccc2)c1Cl. The van der Waals surface area contributed by atoms with Gasteiger partial charge in [0.1, 0.15) is 5.69 Å². The lowest BCUT2D eigenvalue weighted by atomic mass is 10.2. The molecule has 0 atom stereocenters. The molecule has 1 aromatic heterocycles. The molecule has 0 radical (unpaired) electrons. The number of esters is 1. The highest BCUT2D eigenvalue weighted by molar-refractivity contribution is 7.99. The lowest BCUT2D eigenvalue weighted by Crippen LogP contribution is -2.24. The van der Waals surface area contributed by atoms with E-state index in [0.29, 0.717) is 28.8 Å². The Labute approximate surface area is 156 Å². The molecule has 0 aliphatic rings. The van der Waals surface area contributed by atoms with Crippen LogP contribution in [-0.2, 0) is 16.1 Å². The van der Waals surface area contributed by atoms with Gasteiger partial charge < -0.3 is 10.1 Å². The molecule has 2 rings (SSSR count). The molecule has 5 nitrogen and oxygen atoms in total. The number of carbonyl (C=O) groups excluding carboxylic acids is 2. The molecule has 1 heterocycles. The Morgan fingerprint density at radius 1 is 1.24 bits per heavy atom. The van der Waals surface area contributed by atoms with Crippen LogP contribution in [0.25, 0.3) is 0 Å². The first-order valence-corrected chi connectivity index (χ1v) is 9.23. The molecular weight excluding hydrogens is 360 g/mol. The summed E-state index contributed by atoms with van der Waals surface area (Å²) < 4.78 is 4.88. The predicted octanol–water partition coefficient (Wildman–Crippen LogP) is 3.71. The number of nitrogens with zero attached hydrogens (tertiary/aromatic N) is 1. The largest absolute Gasteiger partial charge is 0.466 e. The fraction of sp³-hybridized carbons (Fsp3) is 0.278. The van der Waals surface area contributed by atoms with E-state index in [0.717, 1.165) is 5.56 Å². The van der Waals surface area contributed by atoms with Crippen LogP contribution >= 0.6 is 23.4 Å². The monoisotopic (exact) mass is 378 g/mol. The van der Waals surface area contributed by atoms with E-state index in [1.54, 1.807) is 13.0 Å². The van der Waals surface area contributed by atoms with E-state index in [9.17, 15) is 9.59 Å². The summed E-state index contributed by atoms with van der Waals surface area (Å²) in [5.41, 5.74) is 1.17. The Morgan fingerprint density at radius 3 is 2.72 bits per heavy atom. The second-order valence-electron chi connectivity index (χ2n) is 5.04. The third kappa shape index (κ3) is 6.07. The second-order valence-corrected chi connectivity index (χ2v) is 6.56. The van der Waals surface area contributed by atoms with Crippen LogP contribution in [0.1, 0.15) is 29.4 Å². The van der Waals surface area contributed by atoms with Crippen molar-refractivity contribution in [3.8, 4) is 0 Å². The van der Waals surface area contributed by atoms with E-state index in [1.165, 1.54) is 18.0 Å². The van der Waals surface area contributed by atoms with E-state index >= 15 is 0 Å². The van der Waals surface area contributed by atoms with Crippen molar-refractivity contribution >= 4 is 35.2 Å². The highest BCUT2D eigenvalue weighted by Gasteiger charge is 2.15. The number of amides is 1. The molecule has 0 bridgehead atoms. The molecule has 25 heavy (non-hydrogen) atoms. The van der Waals surface area contributed by atoms with Gasteiger partial charge in [0.15, 0.2) is 0 Å². The molecule has 132 valence electrons. The summed E-state index contributed by atoms with van der Waals surface area (Å²) in [5.74, 6) is -0.0594. The van der Waals surface area contributed by atoms with Crippen molar-refractivity contribution in [1.29, 1.82) is 0 Å². The molecule has 7 heteroatoms. The van der Waals surface area contributed by atoms with Crippen LogP contribution in [0, 0.1) is 0 Å². The van der Waals surface area contributed by atoms with Crippen LogP contribution in [-0.4, -0.2) is 29.2 Å². The number of carbonyl (C=O) groups is 2. The van der Waals surface area contributed by atoms with Gasteiger partial charge in [-0.3, -0.25) is 9.59 Å². The van der Waals surface area contributed by atoms with Crippen molar-refractivity contribution in [2.24, 2.45) is 0 Å². The minimum Gasteiger partial charge on any atom is -0.466 e. The highest BCUT2D eigenvalue weighted by Crippen LogP contribution is 2.29. The van der Waals surface area contributed by atoms with Crippen molar-refractivity contribution in [2.75, 3.05) is 12.4 Å². The summed E-state index contributed by atoms with van der Waals surface area (Å²) in [6.07, 6.45) is 1.82. The zero-order valence-corrected chi connectivity index (χ0v) is 15.4. The maximum absolute atomic E-state index is 12.3. The van der Waals surface area contributed by atoms with Gasteiger partial charge in [0.2, 0.25) is 0 Å².